The first kappa shape index (κ1) is 29.5. The van der Waals surface area contributed by atoms with Gasteiger partial charge < -0.3 is 19.5 Å². The standard InChI is InChI=1S/C30H25BrN2O7S/c1-3-39-30(35)27-23(21-10-7-11-22(16-21)33(36)37)18-41-29(27)32-26(34)13-12-20-14-24(31)28(25(15-20)38-2)40-17-19-8-5-4-6-9-19/h4-16,18H,3,17H2,1-2H3,(H,32,34)/b13-12+. The lowest BCUT2D eigenvalue weighted by Gasteiger charge is -2.13. The summed E-state index contributed by atoms with van der Waals surface area (Å²) < 4.78 is 17.3. The molecule has 3 aromatic carbocycles. The van der Waals surface area contributed by atoms with Gasteiger partial charge in [0.15, 0.2) is 11.5 Å². The highest BCUT2D eigenvalue weighted by molar-refractivity contribution is 9.10. The summed E-state index contributed by atoms with van der Waals surface area (Å²) in [6.45, 7) is 2.15. The highest BCUT2D eigenvalue weighted by atomic mass is 79.9. The number of halogens is 1. The molecule has 0 atom stereocenters. The van der Waals surface area contributed by atoms with Crippen LogP contribution in [-0.4, -0.2) is 30.5 Å². The topological polar surface area (TPSA) is 117 Å². The Kier molecular flexibility index (Phi) is 9.88. The first-order valence-electron chi connectivity index (χ1n) is 12.4. The van der Waals surface area contributed by atoms with Crippen molar-refractivity contribution in [2.45, 2.75) is 13.5 Å². The van der Waals surface area contributed by atoms with Crippen LogP contribution in [0.25, 0.3) is 17.2 Å². The van der Waals surface area contributed by atoms with Gasteiger partial charge in [-0.3, -0.25) is 14.9 Å². The average Bonchev–Trinajstić information content (AvgIpc) is 3.39. The van der Waals surface area contributed by atoms with Gasteiger partial charge in [0.05, 0.1) is 23.1 Å². The summed E-state index contributed by atoms with van der Waals surface area (Å²) in [6, 6.07) is 19.2. The molecular weight excluding hydrogens is 612 g/mol. The van der Waals surface area contributed by atoms with Gasteiger partial charge in [0.2, 0.25) is 5.91 Å². The molecule has 210 valence electrons. The van der Waals surface area contributed by atoms with Crippen LogP contribution in [0.3, 0.4) is 0 Å². The van der Waals surface area contributed by atoms with Crippen LogP contribution in [0.2, 0.25) is 0 Å². The number of anilines is 1. The Morgan fingerprint density at radius 1 is 1.10 bits per heavy atom. The molecule has 0 radical (unpaired) electrons. The molecule has 0 unspecified atom stereocenters. The molecule has 1 aromatic heterocycles. The zero-order valence-electron chi connectivity index (χ0n) is 22.1. The molecule has 1 heterocycles. The third kappa shape index (κ3) is 7.38. The van der Waals surface area contributed by atoms with Gasteiger partial charge in [-0.15, -0.1) is 11.3 Å². The number of ether oxygens (including phenoxy) is 3. The molecule has 1 N–H and O–H groups in total. The van der Waals surface area contributed by atoms with Gasteiger partial charge >= 0.3 is 5.97 Å². The van der Waals surface area contributed by atoms with Gasteiger partial charge in [-0.2, -0.15) is 0 Å². The van der Waals surface area contributed by atoms with Crippen molar-refractivity contribution in [3.05, 3.63) is 109 Å². The predicted molar refractivity (Wildman–Crippen MR) is 161 cm³/mol. The lowest BCUT2D eigenvalue weighted by Crippen LogP contribution is -2.12. The highest BCUT2D eigenvalue weighted by Gasteiger charge is 2.23. The molecular formula is C30H25BrN2O7S. The number of nitro benzene ring substituents is 1. The third-order valence-corrected chi connectivity index (χ3v) is 7.26. The number of hydrogen-bond acceptors (Lipinski definition) is 8. The molecule has 0 spiro atoms. The van der Waals surface area contributed by atoms with Gasteiger partial charge in [0.25, 0.3) is 5.69 Å². The molecule has 9 nitrogen and oxygen atoms in total. The zero-order valence-corrected chi connectivity index (χ0v) is 24.5. The Labute approximate surface area is 248 Å². The number of hydrogen-bond donors (Lipinski definition) is 1. The molecule has 0 saturated carbocycles. The van der Waals surface area contributed by atoms with Crippen LogP contribution in [0.5, 0.6) is 11.5 Å². The number of esters is 1. The van der Waals surface area contributed by atoms with E-state index in [1.54, 1.807) is 36.6 Å². The van der Waals surface area contributed by atoms with Crippen molar-refractivity contribution in [3.8, 4) is 22.6 Å². The van der Waals surface area contributed by atoms with Crippen LogP contribution in [0, 0.1) is 10.1 Å². The number of carbonyl (C=O) groups is 2. The molecule has 1 amide bonds. The lowest BCUT2D eigenvalue weighted by molar-refractivity contribution is -0.384. The second kappa shape index (κ2) is 13.7. The predicted octanol–water partition coefficient (Wildman–Crippen LogP) is 7.50. The minimum absolute atomic E-state index is 0.116. The van der Waals surface area contributed by atoms with E-state index in [-0.39, 0.29) is 22.9 Å². The van der Waals surface area contributed by atoms with E-state index >= 15 is 0 Å². The third-order valence-electron chi connectivity index (χ3n) is 5.78. The Bertz CT molecular complexity index is 1600. The van der Waals surface area contributed by atoms with Crippen LogP contribution in [0.1, 0.15) is 28.4 Å². The number of thiophene rings is 1. The van der Waals surface area contributed by atoms with Gasteiger partial charge in [0, 0.05) is 29.2 Å². The first-order chi connectivity index (χ1) is 19.8. The number of amides is 1. The number of nitrogens with one attached hydrogen (secondary N) is 1. The summed E-state index contributed by atoms with van der Waals surface area (Å²) in [4.78, 5) is 36.4. The van der Waals surface area contributed by atoms with Crippen molar-refractivity contribution in [2.24, 2.45) is 0 Å². The van der Waals surface area contributed by atoms with Crippen LogP contribution >= 0.6 is 27.3 Å². The molecule has 0 saturated heterocycles. The van der Waals surface area contributed by atoms with E-state index < -0.39 is 16.8 Å². The van der Waals surface area contributed by atoms with E-state index in [9.17, 15) is 19.7 Å². The Morgan fingerprint density at radius 2 is 1.88 bits per heavy atom. The maximum atomic E-state index is 12.9. The second-order valence-electron chi connectivity index (χ2n) is 8.51. The highest BCUT2D eigenvalue weighted by Crippen LogP contribution is 2.39. The smallest absolute Gasteiger partial charge is 0.341 e. The van der Waals surface area contributed by atoms with E-state index in [2.05, 4.69) is 21.2 Å². The van der Waals surface area contributed by atoms with Crippen molar-refractivity contribution < 1.29 is 28.7 Å². The molecule has 0 aliphatic carbocycles. The molecule has 4 rings (SSSR count). The Morgan fingerprint density at radius 3 is 2.59 bits per heavy atom. The van der Waals surface area contributed by atoms with E-state index in [0.717, 1.165) is 16.9 Å². The summed E-state index contributed by atoms with van der Waals surface area (Å²) in [5.74, 6) is -0.110. The van der Waals surface area contributed by atoms with Gasteiger partial charge in [-0.25, -0.2) is 4.79 Å². The first-order valence-corrected chi connectivity index (χ1v) is 14.0. The van der Waals surface area contributed by atoms with Crippen LogP contribution in [0.4, 0.5) is 10.7 Å². The molecule has 0 bridgehead atoms. The zero-order chi connectivity index (χ0) is 29.4. The second-order valence-corrected chi connectivity index (χ2v) is 10.2. The molecule has 11 heteroatoms. The van der Waals surface area contributed by atoms with E-state index in [0.29, 0.717) is 39.3 Å². The summed E-state index contributed by atoms with van der Waals surface area (Å²) in [5.41, 5.74) is 2.58. The summed E-state index contributed by atoms with van der Waals surface area (Å²) >= 11 is 4.64. The number of carbonyl (C=O) groups excluding carboxylic acids is 2. The normalized spacial score (nSPS) is 10.8. The van der Waals surface area contributed by atoms with Crippen LogP contribution in [0.15, 0.2) is 82.7 Å². The van der Waals surface area contributed by atoms with E-state index in [4.69, 9.17) is 14.2 Å². The fourth-order valence-corrected chi connectivity index (χ4v) is 5.42. The molecule has 0 fully saturated rings. The molecule has 41 heavy (non-hydrogen) atoms. The average molecular weight is 638 g/mol. The number of rotatable bonds is 11. The van der Waals surface area contributed by atoms with Crippen molar-refractivity contribution in [2.75, 3.05) is 19.0 Å². The summed E-state index contributed by atoms with van der Waals surface area (Å²) in [5, 5.41) is 15.9. The Balaban J connectivity index is 1.54. The fourth-order valence-electron chi connectivity index (χ4n) is 3.89. The van der Waals surface area contributed by atoms with Crippen molar-refractivity contribution >= 4 is 55.9 Å². The summed E-state index contributed by atoms with van der Waals surface area (Å²) in [6.07, 6.45) is 2.93. The van der Waals surface area contributed by atoms with Gasteiger partial charge in [-0.1, -0.05) is 42.5 Å². The monoisotopic (exact) mass is 636 g/mol. The van der Waals surface area contributed by atoms with Gasteiger partial charge in [-0.05, 0) is 57.8 Å². The van der Waals surface area contributed by atoms with Crippen LogP contribution in [-0.2, 0) is 16.1 Å². The van der Waals surface area contributed by atoms with Crippen molar-refractivity contribution in [1.82, 2.24) is 0 Å². The Hall–Kier alpha value is -4.48. The van der Waals surface area contributed by atoms with Crippen molar-refractivity contribution in [1.29, 1.82) is 0 Å². The van der Waals surface area contributed by atoms with Crippen molar-refractivity contribution in [3.63, 3.8) is 0 Å². The minimum Gasteiger partial charge on any atom is -0.493 e. The number of nitrogens with zero attached hydrogens (tertiary/aromatic N) is 1. The van der Waals surface area contributed by atoms with Crippen LogP contribution < -0.4 is 14.8 Å². The minimum atomic E-state index is -0.644. The quantitative estimate of drug-likeness (QED) is 0.0783. The fraction of sp³-hybridized carbons (Fsp3) is 0.133. The number of non-ortho nitro benzene ring substituents is 1. The maximum absolute atomic E-state index is 12.9. The number of methoxy groups -OCH3 is 1. The lowest BCUT2D eigenvalue weighted by atomic mass is 10.0. The maximum Gasteiger partial charge on any atom is 0.341 e. The van der Waals surface area contributed by atoms with Gasteiger partial charge in [0.1, 0.15) is 17.2 Å². The molecule has 0 aliphatic heterocycles. The van der Waals surface area contributed by atoms with E-state index in [1.807, 2.05) is 30.3 Å². The SMILES string of the molecule is CCOC(=O)c1c(-c2cccc([N+](=O)[O-])c2)csc1NC(=O)/C=C/c1cc(Br)c(OCc2ccccc2)c(OC)c1. The summed E-state index contributed by atoms with van der Waals surface area (Å²) in [7, 11) is 1.53. The molecule has 4 aromatic rings. The number of benzene rings is 3. The van der Waals surface area contributed by atoms with E-state index in [1.165, 1.54) is 31.4 Å². The number of nitro groups is 1. The largest absolute Gasteiger partial charge is 0.493 e. The molecule has 0 aliphatic rings.